The summed E-state index contributed by atoms with van der Waals surface area (Å²) < 4.78 is 4.87. The van der Waals surface area contributed by atoms with E-state index in [0.717, 1.165) is 0 Å². The minimum absolute atomic E-state index is 0.0662. The van der Waals surface area contributed by atoms with E-state index in [1.54, 1.807) is 12.1 Å². The molecule has 8 heteroatoms. The van der Waals surface area contributed by atoms with Crippen molar-refractivity contribution in [2.24, 2.45) is 0 Å². The summed E-state index contributed by atoms with van der Waals surface area (Å²) in [7, 11) is 0. The highest BCUT2D eigenvalue weighted by Crippen LogP contribution is 2.13. The van der Waals surface area contributed by atoms with Crippen LogP contribution in [0.2, 0.25) is 5.15 Å². The van der Waals surface area contributed by atoms with E-state index in [-0.39, 0.29) is 12.0 Å². The fourth-order valence-corrected chi connectivity index (χ4v) is 2.16. The number of carbonyl (C=O) groups excluding carboxylic acids is 2. The Balaban J connectivity index is 2.05. The molecule has 1 atom stereocenters. The summed E-state index contributed by atoms with van der Waals surface area (Å²) in [4.78, 5) is 38.4. The molecule has 130 valence electrons. The van der Waals surface area contributed by atoms with Crippen molar-refractivity contribution in [1.29, 1.82) is 0 Å². The van der Waals surface area contributed by atoms with Gasteiger partial charge < -0.3 is 15.2 Å². The third-order valence-corrected chi connectivity index (χ3v) is 3.43. The molecule has 1 aromatic heterocycles. The third kappa shape index (κ3) is 5.58. The summed E-state index contributed by atoms with van der Waals surface area (Å²) in [5.41, 5.74) is 0.874. The lowest BCUT2D eigenvalue weighted by molar-refractivity contribution is -0.139. The van der Waals surface area contributed by atoms with Gasteiger partial charge in [-0.3, -0.25) is 9.59 Å². The quantitative estimate of drug-likeness (QED) is 0.463. The van der Waals surface area contributed by atoms with Gasteiger partial charge >= 0.3 is 11.9 Å². The van der Waals surface area contributed by atoms with E-state index >= 15 is 0 Å². The van der Waals surface area contributed by atoms with Crippen molar-refractivity contribution < 1.29 is 24.2 Å². The summed E-state index contributed by atoms with van der Waals surface area (Å²) in [6.07, 6.45) is 1.52. The van der Waals surface area contributed by atoms with Crippen LogP contribution in [0.15, 0.2) is 42.6 Å². The topological polar surface area (TPSA) is 106 Å². The second-order valence-corrected chi connectivity index (χ2v) is 5.56. The molecule has 0 aliphatic heterocycles. The van der Waals surface area contributed by atoms with Gasteiger partial charge in [0.05, 0.1) is 0 Å². The van der Waals surface area contributed by atoms with Crippen LogP contribution in [0.5, 0.6) is 5.75 Å². The fraction of sp³-hybridized carbons (Fsp3) is 0.176. The molecule has 1 aromatic carbocycles. The van der Waals surface area contributed by atoms with Gasteiger partial charge in [-0.1, -0.05) is 17.7 Å². The zero-order valence-electron chi connectivity index (χ0n) is 13.2. The number of amides is 1. The lowest BCUT2D eigenvalue weighted by Gasteiger charge is -2.14. The van der Waals surface area contributed by atoms with Crippen LogP contribution in [0.4, 0.5) is 0 Å². The molecule has 0 radical (unpaired) electrons. The van der Waals surface area contributed by atoms with Gasteiger partial charge in [0.25, 0.3) is 5.91 Å². The van der Waals surface area contributed by atoms with Crippen molar-refractivity contribution in [3.05, 3.63) is 58.9 Å². The summed E-state index contributed by atoms with van der Waals surface area (Å²) >= 11 is 5.69. The predicted octanol–water partition coefficient (Wildman–Crippen LogP) is 2.09. The Hall–Kier alpha value is -2.93. The predicted molar refractivity (Wildman–Crippen MR) is 89.6 cm³/mol. The number of nitrogens with zero attached hydrogens (tertiary/aromatic N) is 1. The molecule has 0 aliphatic carbocycles. The average molecular weight is 363 g/mol. The molecular weight excluding hydrogens is 348 g/mol. The lowest BCUT2D eigenvalue weighted by atomic mass is 10.1. The van der Waals surface area contributed by atoms with Gasteiger partial charge in [0.2, 0.25) is 0 Å². The van der Waals surface area contributed by atoms with E-state index in [9.17, 15) is 19.5 Å². The number of ether oxygens (including phenoxy) is 1. The van der Waals surface area contributed by atoms with E-state index in [0.29, 0.717) is 16.5 Å². The molecule has 7 nitrogen and oxygen atoms in total. The minimum Gasteiger partial charge on any atom is -0.480 e. The second-order valence-electron chi connectivity index (χ2n) is 5.18. The Morgan fingerprint density at radius 3 is 2.40 bits per heavy atom. The van der Waals surface area contributed by atoms with Crippen LogP contribution in [0, 0.1) is 0 Å². The highest BCUT2D eigenvalue weighted by atomic mass is 35.5. The first-order valence-electron chi connectivity index (χ1n) is 7.27. The standard InChI is InChI=1S/C17H15ClN2O5/c1-10(21)25-13-5-3-12(4-6-13)16(22)20-14(17(23)24)8-11-2-7-15(18)19-9-11/h2-7,9,14H,8H2,1H3,(H,20,22)(H,23,24)/t14-/m0/s1. The Labute approximate surface area is 148 Å². The maximum atomic E-state index is 12.2. The second kappa shape index (κ2) is 8.25. The van der Waals surface area contributed by atoms with Gasteiger partial charge in [-0.15, -0.1) is 0 Å². The van der Waals surface area contributed by atoms with Gasteiger partial charge in [-0.05, 0) is 35.9 Å². The Kier molecular flexibility index (Phi) is 6.08. The number of aliphatic carboxylic acids is 1. The lowest BCUT2D eigenvalue weighted by Crippen LogP contribution is -2.42. The Morgan fingerprint density at radius 2 is 1.88 bits per heavy atom. The number of carboxylic acid groups (broad SMARTS) is 1. The van der Waals surface area contributed by atoms with E-state index in [1.807, 2.05) is 0 Å². The number of pyridine rings is 1. The molecule has 2 N–H and O–H groups in total. The number of aromatic nitrogens is 1. The number of nitrogens with one attached hydrogen (secondary N) is 1. The molecule has 2 rings (SSSR count). The van der Waals surface area contributed by atoms with E-state index in [1.165, 1.54) is 37.4 Å². The molecule has 25 heavy (non-hydrogen) atoms. The number of benzene rings is 1. The molecule has 0 saturated heterocycles. The fourth-order valence-electron chi connectivity index (χ4n) is 2.04. The minimum atomic E-state index is -1.17. The molecule has 2 aromatic rings. The SMILES string of the molecule is CC(=O)Oc1ccc(C(=O)N[C@@H](Cc2ccc(Cl)nc2)C(=O)O)cc1. The van der Waals surface area contributed by atoms with E-state index in [2.05, 4.69) is 10.3 Å². The normalized spacial score (nSPS) is 11.4. The van der Waals surface area contributed by atoms with Gasteiger partial charge in [0, 0.05) is 25.1 Å². The molecule has 1 amide bonds. The van der Waals surface area contributed by atoms with Gasteiger partial charge in [0.1, 0.15) is 16.9 Å². The van der Waals surface area contributed by atoms with Crippen LogP contribution in [-0.2, 0) is 16.0 Å². The first kappa shape index (κ1) is 18.4. The third-order valence-electron chi connectivity index (χ3n) is 3.21. The van der Waals surface area contributed by atoms with Crippen molar-refractivity contribution >= 4 is 29.4 Å². The summed E-state index contributed by atoms with van der Waals surface area (Å²) in [5.74, 6) is -1.89. The van der Waals surface area contributed by atoms with Crippen LogP contribution in [0.25, 0.3) is 0 Å². The molecule has 0 unspecified atom stereocenters. The number of esters is 1. The van der Waals surface area contributed by atoms with Crippen molar-refractivity contribution in [3.8, 4) is 5.75 Å². The highest BCUT2D eigenvalue weighted by molar-refractivity contribution is 6.29. The number of hydrogen-bond donors (Lipinski definition) is 2. The summed E-state index contributed by atoms with van der Waals surface area (Å²) in [6, 6.07) is 7.86. The molecule has 1 heterocycles. The molecule has 0 saturated carbocycles. The number of rotatable bonds is 6. The Morgan fingerprint density at radius 1 is 1.20 bits per heavy atom. The molecule has 0 bridgehead atoms. The Bertz CT molecular complexity index is 775. The first-order valence-corrected chi connectivity index (χ1v) is 7.65. The zero-order valence-corrected chi connectivity index (χ0v) is 14.0. The summed E-state index contributed by atoms with van der Waals surface area (Å²) in [5, 5.41) is 12.1. The van der Waals surface area contributed by atoms with Crippen LogP contribution in [-0.4, -0.2) is 34.0 Å². The monoisotopic (exact) mass is 362 g/mol. The van der Waals surface area contributed by atoms with Crippen molar-refractivity contribution in [2.45, 2.75) is 19.4 Å². The van der Waals surface area contributed by atoms with Gasteiger partial charge in [-0.2, -0.15) is 0 Å². The van der Waals surface area contributed by atoms with Crippen molar-refractivity contribution in [1.82, 2.24) is 10.3 Å². The molecular formula is C17H15ClN2O5. The van der Waals surface area contributed by atoms with Gasteiger partial charge in [0.15, 0.2) is 0 Å². The molecule has 0 aliphatic rings. The van der Waals surface area contributed by atoms with Crippen molar-refractivity contribution in [2.75, 3.05) is 0 Å². The van der Waals surface area contributed by atoms with Gasteiger partial charge in [-0.25, -0.2) is 9.78 Å². The maximum absolute atomic E-state index is 12.2. The zero-order chi connectivity index (χ0) is 18.4. The van der Waals surface area contributed by atoms with Crippen LogP contribution in [0.1, 0.15) is 22.8 Å². The van der Waals surface area contributed by atoms with Crippen LogP contribution in [0.3, 0.4) is 0 Å². The number of carbonyl (C=O) groups is 3. The van der Waals surface area contributed by atoms with Crippen LogP contribution < -0.4 is 10.1 Å². The number of carboxylic acids is 1. The maximum Gasteiger partial charge on any atom is 0.326 e. The van der Waals surface area contributed by atoms with E-state index < -0.39 is 23.9 Å². The first-order chi connectivity index (χ1) is 11.8. The summed E-state index contributed by atoms with van der Waals surface area (Å²) in [6.45, 7) is 1.27. The number of hydrogen-bond acceptors (Lipinski definition) is 5. The molecule has 0 spiro atoms. The largest absolute Gasteiger partial charge is 0.480 e. The van der Waals surface area contributed by atoms with Crippen molar-refractivity contribution in [3.63, 3.8) is 0 Å². The smallest absolute Gasteiger partial charge is 0.326 e. The highest BCUT2D eigenvalue weighted by Gasteiger charge is 2.21. The van der Waals surface area contributed by atoms with E-state index in [4.69, 9.17) is 16.3 Å². The number of halogens is 1. The molecule has 0 fully saturated rings. The average Bonchev–Trinajstić information content (AvgIpc) is 2.56. The van der Waals surface area contributed by atoms with Crippen LogP contribution >= 0.6 is 11.6 Å².